The molecular formula is C15H27NO5S. The lowest BCUT2D eigenvalue weighted by atomic mass is 9.95. The van der Waals surface area contributed by atoms with Crippen molar-refractivity contribution in [2.75, 3.05) is 12.4 Å². The predicted octanol–water partition coefficient (Wildman–Crippen LogP) is 1.32. The second kappa shape index (κ2) is 8.38. The monoisotopic (exact) mass is 333 g/mol. The van der Waals surface area contributed by atoms with Crippen molar-refractivity contribution in [1.29, 1.82) is 0 Å². The van der Waals surface area contributed by atoms with Crippen LogP contribution in [0.5, 0.6) is 0 Å². The number of aliphatic hydroxyl groups is 3. The summed E-state index contributed by atoms with van der Waals surface area (Å²) in [6.07, 6.45) is 3.03. The van der Waals surface area contributed by atoms with Crippen LogP contribution in [0.1, 0.15) is 45.4 Å². The molecule has 1 amide bonds. The van der Waals surface area contributed by atoms with Crippen LogP contribution in [0, 0.1) is 0 Å². The summed E-state index contributed by atoms with van der Waals surface area (Å²) in [4.78, 5) is 13.2. The molecule has 0 radical (unpaired) electrons. The summed E-state index contributed by atoms with van der Waals surface area (Å²) in [7, 11) is 0. The lowest BCUT2D eigenvalue weighted by Gasteiger charge is -2.43. The number of ether oxygens (including phenoxy) is 1. The van der Waals surface area contributed by atoms with E-state index in [2.05, 4.69) is 6.92 Å². The number of fused-ring (bicyclic) bond motifs is 1. The van der Waals surface area contributed by atoms with Crippen LogP contribution < -0.4 is 0 Å². The molecule has 0 saturated carbocycles. The molecule has 0 aromatic rings. The fraction of sp³-hybridized carbons (Fsp3) is 0.933. The Morgan fingerprint density at radius 2 is 1.77 bits per heavy atom. The van der Waals surface area contributed by atoms with E-state index in [0.717, 1.165) is 18.6 Å². The van der Waals surface area contributed by atoms with Crippen LogP contribution in [0.15, 0.2) is 0 Å². The van der Waals surface area contributed by atoms with Crippen molar-refractivity contribution >= 4 is 17.9 Å². The minimum atomic E-state index is -1.24. The minimum Gasteiger partial charge on any atom is -0.447 e. The van der Waals surface area contributed by atoms with E-state index >= 15 is 0 Å². The van der Waals surface area contributed by atoms with Crippen LogP contribution in [0.4, 0.5) is 4.79 Å². The third kappa shape index (κ3) is 3.88. The summed E-state index contributed by atoms with van der Waals surface area (Å²) in [5.41, 5.74) is 0. The molecule has 5 atom stereocenters. The molecule has 2 aliphatic heterocycles. The van der Waals surface area contributed by atoms with Crippen molar-refractivity contribution < 1.29 is 24.9 Å². The Morgan fingerprint density at radius 3 is 2.50 bits per heavy atom. The largest absolute Gasteiger partial charge is 0.447 e. The van der Waals surface area contributed by atoms with Gasteiger partial charge in [-0.05, 0) is 12.2 Å². The zero-order valence-electron chi connectivity index (χ0n) is 13.1. The van der Waals surface area contributed by atoms with E-state index in [-0.39, 0.29) is 6.61 Å². The van der Waals surface area contributed by atoms with Crippen LogP contribution >= 0.6 is 11.8 Å². The molecule has 128 valence electrons. The Morgan fingerprint density at radius 1 is 1.09 bits per heavy atom. The van der Waals surface area contributed by atoms with Crippen LogP contribution in [-0.4, -0.2) is 68.4 Å². The van der Waals surface area contributed by atoms with Gasteiger partial charge in [0.15, 0.2) is 0 Å². The minimum absolute atomic E-state index is 0.0673. The van der Waals surface area contributed by atoms with Crippen molar-refractivity contribution in [2.45, 2.75) is 75.2 Å². The Bertz CT molecular complexity index is 370. The highest BCUT2D eigenvalue weighted by molar-refractivity contribution is 7.99. The number of carbonyl (C=O) groups is 1. The van der Waals surface area contributed by atoms with Gasteiger partial charge in [0.05, 0.1) is 6.04 Å². The third-order valence-corrected chi connectivity index (χ3v) is 5.76. The highest BCUT2D eigenvalue weighted by Gasteiger charge is 2.53. The highest BCUT2D eigenvalue weighted by atomic mass is 32.2. The van der Waals surface area contributed by atoms with Crippen LogP contribution in [0.25, 0.3) is 0 Å². The lowest BCUT2D eigenvalue weighted by Crippen LogP contribution is -2.64. The SMILES string of the molecule is CCCCCCCCS[C@@H]1[C@H](O)[C@@H](O)[C@@H](O)[C@H]2COC(=O)N21. The molecule has 2 fully saturated rings. The summed E-state index contributed by atoms with van der Waals surface area (Å²) < 4.78 is 4.96. The molecule has 3 N–H and O–H groups in total. The quantitative estimate of drug-likeness (QED) is 0.581. The summed E-state index contributed by atoms with van der Waals surface area (Å²) in [6.45, 7) is 2.25. The van der Waals surface area contributed by atoms with Gasteiger partial charge in [-0.25, -0.2) is 4.79 Å². The van der Waals surface area contributed by atoms with E-state index in [1.54, 1.807) is 0 Å². The van der Waals surface area contributed by atoms with Gasteiger partial charge in [-0.1, -0.05) is 39.0 Å². The molecule has 0 aromatic heterocycles. The molecule has 0 aliphatic carbocycles. The van der Waals surface area contributed by atoms with Crippen LogP contribution in [-0.2, 0) is 4.74 Å². The number of nitrogens with zero attached hydrogens (tertiary/aromatic N) is 1. The Labute approximate surface area is 135 Å². The van der Waals surface area contributed by atoms with Gasteiger partial charge in [-0.15, -0.1) is 11.8 Å². The maximum absolute atomic E-state index is 11.8. The number of rotatable bonds is 8. The van der Waals surface area contributed by atoms with Crippen molar-refractivity contribution in [3.05, 3.63) is 0 Å². The smallest absolute Gasteiger partial charge is 0.411 e. The second-order valence-corrected chi connectivity index (χ2v) is 7.28. The maximum Gasteiger partial charge on any atom is 0.411 e. The van der Waals surface area contributed by atoms with Crippen LogP contribution in [0.2, 0.25) is 0 Å². The van der Waals surface area contributed by atoms with Gasteiger partial charge in [0.1, 0.15) is 30.3 Å². The second-order valence-electron chi connectivity index (χ2n) is 6.05. The van der Waals surface area contributed by atoms with Gasteiger partial charge in [-0.2, -0.15) is 0 Å². The number of piperidine rings is 1. The molecule has 22 heavy (non-hydrogen) atoms. The predicted molar refractivity (Wildman–Crippen MR) is 84.6 cm³/mol. The van der Waals surface area contributed by atoms with E-state index in [1.165, 1.54) is 42.3 Å². The number of unbranched alkanes of at least 4 members (excludes halogenated alkanes) is 5. The standard InChI is InChI=1S/C15H27NO5S/c1-2-3-4-5-6-7-8-22-14-13(19)12(18)11(17)10-9-21-15(20)16(10)14/h10-14,17-19H,2-9H2,1H3/t10-,11+,12+,13-,14-/m1/s1. The molecule has 2 saturated heterocycles. The number of aliphatic hydroxyl groups excluding tert-OH is 3. The van der Waals surface area contributed by atoms with E-state index in [4.69, 9.17) is 4.74 Å². The zero-order chi connectivity index (χ0) is 16.1. The molecule has 2 aliphatic rings. The number of thioether (sulfide) groups is 1. The summed E-state index contributed by atoms with van der Waals surface area (Å²) in [6, 6.07) is -0.562. The topological polar surface area (TPSA) is 90.2 Å². The lowest BCUT2D eigenvalue weighted by molar-refractivity contribution is -0.124. The average molecular weight is 333 g/mol. The molecule has 2 heterocycles. The first-order chi connectivity index (χ1) is 10.6. The van der Waals surface area contributed by atoms with Gasteiger partial charge in [-0.3, -0.25) is 4.90 Å². The molecule has 0 bridgehead atoms. The zero-order valence-corrected chi connectivity index (χ0v) is 13.9. The number of hydrogen-bond donors (Lipinski definition) is 3. The first-order valence-corrected chi connectivity index (χ1v) is 9.23. The van der Waals surface area contributed by atoms with Crippen molar-refractivity contribution in [1.82, 2.24) is 4.90 Å². The van der Waals surface area contributed by atoms with E-state index in [0.29, 0.717) is 0 Å². The van der Waals surface area contributed by atoms with E-state index < -0.39 is 35.8 Å². The first-order valence-electron chi connectivity index (χ1n) is 8.18. The molecular weight excluding hydrogens is 306 g/mol. The fourth-order valence-corrected chi connectivity index (χ4v) is 4.40. The molecule has 0 aromatic carbocycles. The highest BCUT2D eigenvalue weighted by Crippen LogP contribution is 2.35. The summed E-state index contributed by atoms with van der Waals surface area (Å²) in [5.74, 6) is 0.813. The van der Waals surface area contributed by atoms with Crippen LogP contribution in [0.3, 0.4) is 0 Å². The Balaban J connectivity index is 1.81. The molecule has 2 rings (SSSR count). The normalized spacial score (nSPS) is 34.6. The van der Waals surface area contributed by atoms with Crippen molar-refractivity contribution in [2.24, 2.45) is 0 Å². The van der Waals surface area contributed by atoms with E-state index in [9.17, 15) is 20.1 Å². The molecule has 6 nitrogen and oxygen atoms in total. The van der Waals surface area contributed by atoms with Gasteiger partial charge < -0.3 is 20.1 Å². The van der Waals surface area contributed by atoms with Gasteiger partial charge in [0.2, 0.25) is 0 Å². The number of cyclic esters (lactones) is 1. The van der Waals surface area contributed by atoms with Gasteiger partial charge in [0.25, 0.3) is 0 Å². The number of carbonyl (C=O) groups excluding carboxylic acids is 1. The Hall–Kier alpha value is -0.500. The average Bonchev–Trinajstić information content (AvgIpc) is 2.89. The number of amides is 1. The molecule has 0 spiro atoms. The fourth-order valence-electron chi connectivity index (χ4n) is 3.03. The molecule has 0 unspecified atom stereocenters. The Kier molecular flexibility index (Phi) is 6.80. The van der Waals surface area contributed by atoms with Crippen molar-refractivity contribution in [3.8, 4) is 0 Å². The summed E-state index contributed by atoms with van der Waals surface area (Å²) in [5, 5.41) is 29.5. The van der Waals surface area contributed by atoms with Gasteiger partial charge in [0, 0.05) is 0 Å². The molecule has 7 heteroatoms. The first kappa shape index (κ1) is 17.8. The van der Waals surface area contributed by atoms with E-state index in [1.807, 2.05) is 0 Å². The third-order valence-electron chi connectivity index (χ3n) is 4.39. The number of hydrogen-bond acceptors (Lipinski definition) is 6. The maximum atomic E-state index is 11.8. The van der Waals surface area contributed by atoms with Crippen molar-refractivity contribution in [3.63, 3.8) is 0 Å². The van der Waals surface area contributed by atoms with Gasteiger partial charge >= 0.3 is 6.09 Å². The summed E-state index contributed by atoms with van der Waals surface area (Å²) >= 11 is 1.46.